The van der Waals surface area contributed by atoms with Gasteiger partial charge in [-0.15, -0.1) is 0 Å². The van der Waals surface area contributed by atoms with Gasteiger partial charge in [0.15, 0.2) is 5.65 Å². The Hall–Kier alpha value is -1.83. The van der Waals surface area contributed by atoms with Gasteiger partial charge in [-0.25, -0.2) is 13.8 Å². The third kappa shape index (κ3) is 3.26. The molecule has 2 aliphatic rings. The van der Waals surface area contributed by atoms with E-state index in [1.165, 1.54) is 0 Å². The van der Waals surface area contributed by atoms with Crippen molar-refractivity contribution < 1.29 is 13.5 Å². The standard InChI is InChI=1S/C18H25F2N5O/c1-11-21-16-8-12(6-7-18(2,19)20)23-25(16)17(22-11)24-13-4-5-14(24)10-15(9-13)26-3/h8,13-15H,4-7,9-10H2,1-3H3. The van der Waals surface area contributed by atoms with E-state index in [9.17, 15) is 8.78 Å². The van der Waals surface area contributed by atoms with Crippen molar-refractivity contribution in [3.8, 4) is 0 Å². The summed E-state index contributed by atoms with van der Waals surface area (Å²) in [6.45, 7) is 2.80. The van der Waals surface area contributed by atoms with Gasteiger partial charge < -0.3 is 9.64 Å². The summed E-state index contributed by atoms with van der Waals surface area (Å²) in [5.41, 5.74) is 1.31. The molecule has 4 heterocycles. The van der Waals surface area contributed by atoms with E-state index in [0.29, 0.717) is 35.4 Å². The van der Waals surface area contributed by atoms with Crippen molar-refractivity contribution in [2.45, 2.75) is 76.5 Å². The lowest BCUT2D eigenvalue weighted by Gasteiger charge is -2.38. The molecule has 26 heavy (non-hydrogen) atoms. The molecule has 2 atom stereocenters. The first-order chi connectivity index (χ1) is 12.3. The number of rotatable bonds is 5. The molecule has 0 radical (unpaired) electrons. The number of aryl methyl sites for hydroxylation is 2. The number of hydrogen-bond acceptors (Lipinski definition) is 5. The third-order valence-corrected chi connectivity index (χ3v) is 5.54. The fourth-order valence-electron chi connectivity index (χ4n) is 4.31. The van der Waals surface area contributed by atoms with E-state index < -0.39 is 5.92 Å². The van der Waals surface area contributed by atoms with Gasteiger partial charge in [-0.3, -0.25) is 0 Å². The molecule has 2 aromatic heterocycles. The summed E-state index contributed by atoms with van der Waals surface area (Å²) < 4.78 is 33.7. The molecule has 0 amide bonds. The smallest absolute Gasteiger partial charge is 0.245 e. The van der Waals surface area contributed by atoms with E-state index in [0.717, 1.165) is 38.6 Å². The average Bonchev–Trinajstić information content (AvgIpc) is 3.09. The van der Waals surface area contributed by atoms with Gasteiger partial charge >= 0.3 is 0 Å². The first kappa shape index (κ1) is 17.6. The zero-order valence-electron chi connectivity index (χ0n) is 15.5. The van der Waals surface area contributed by atoms with E-state index in [2.05, 4.69) is 20.0 Å². The maximum Gasteiger partial charge on any atom is 0.245 e. The monoisotopic (exact) mass is 365 g/mol. The van der Waals surface area contributed by atoms with E-state index >= 15 is 0 Å². The molecule has 142 valence electrons. The zero-order chi connectivity index (χ0) is 18.5. The summed E-state index contributed by atoms with van der Waals surface area (Å²) in [5, 5.41) is 4.55. The summed E-state index contributed by atoms with van der Waals surface area (Å²) in [4.78, 5) is 11.5. The van der Waals surface area contributed by atoms with Gasteiger partial charge in [-0.05, 0) is 46.0 Å². The van der Waals surface area contributed by atoms with Crippen LogP contribution in [0, 0.1) is 6.92 Å². The first-order valence-electron chi connectivity index (χ1n) is 9.26. The van der Waals surface area contributed by atoms with Crippen molar-refractivity contribution in [2.24, 2.45) is 0 Å². The molecule has 2 saturated heterocycles. The second-order valence-electron chi connectivity index (χ2n) is 7.67. The highest BCUT2D eigenvalue weighted by molar-refractivity contribution is 5.49. The summed E-state index contributed by atoms with van der Waals surface area (Å²) in [5.74, 6) is -1.24. The van der Waals surface area contributed by atoms with Gasteiger partial charge in [0, 0.05) is 31.7 Å². The molecule has 0 saturated carbocycles. The second kappa shape index (κ2) is 6.40. The Bertz CT molecular complexity index is 789. The number of halogens is 2. The number of anilines is 1. The minimum absolute atomic E-state index is 0.219. The fourth-order valence-corrected chi connectivity index (χ4v) is 4.31. The number of piperidine rings is 1. The Labute approximate surface area is 151 Å². The molecule has 0 aromatic carbocycles. The van der Waals surface area contributed by atoms with Crippen LogP contribution < -0.4 is 4.90 Å². The molecule has 4 rings (SSSR count). The summed E-state index contributed by atoms with van der Waals surface area (Å²) >= 11 is 0. The topological polar surface area (TPSA) is 55.5 Å². The van der Waals surface area contributed by atoms with Gasteiger partial charge in [-0.2, -0.15) is 14.6 Å². The number of methoxy groups -OCH3 is 1. The Morgan fingerprint density at radius 3 is 2.54 bits per heavy atom. The highest BCUT2D eigenvalue weighted by atomic mass is 19.3. The van der Waals surface area contributed by atoms with Crippen LogP contribution in [0.4, 0.5) is 14.7 Å². The molecule has 6 nitrogen and oxygen atoms in total. The predicted molar refractivity (Wildman–Crippen MR) is 93.8 cm³/mol. The molecule has 0 aliphatic carbocycles. The molecule has 2 aliphatic heterocycles. The quantitative estimate of drug-likeness (QED) is 0.815. The highest BCUT2D eigenvalue weighted by Crippen LogP contribution is 2.39. The fraction of sp³-hybridized carbons (Fsp3) is 0.722. The molecule has 0 N–H and O–H groups in total. The number of fused-ring (bicyclic) bond motifs is 3. The minimum atomic E-state index is -2.69. The third-order valence-electron chi connectivity index (χ3n) is 5.54. The van der Waals surface area contributed by atoms with Crippen LogP contribution in [-0.4, -0.2) is 50.8 Å². The van der Waals surface area contributed by atoms with Crippen LogP contribution in [-0.2, 0) is 11.2 Å². The van der Waals surface area contributed by atoms with Crippen molar-refractivity contribution in [1.82, 2.24) is 19.6 Å². The average molecular weight is 365 g/mol. The van der Waals surface area contributed by atoms with Crippen LogP contribution in [0.2, 0.25) is 0 Å². The lowest BCUT2D eigenvalue weighted by molar-refractivity contribution is 0.0130. The number of alkyl halides is 2. The van der Waals surface area contributed by atoms with E-state index in [-0.39, 0.29) is 12.8 Å². The molecule has 2 unspecified atom stereocenters. The Morgan fingerprint density at radius 2 is 1.92 bits per heavy atom. The van der Waals surface area contributed by atoms with Crippen LogP contribution in [0.5, 0.6) is 0 Å². The molecule has 0 spiro atoms. The largest absolute Gasteiger partial charge is 0.381 e. The first-order valence-corrected chi connectivity index (χ1v) is 9.26. The number of ether oxygens (including phenoxy) is 1. The van der Waals surface area contributed by atoms with E-state index in [1.54, 1.807) is 17.7 Å². The molecule has 8 heteroatoms. The maximum absolute atomic E-state index is 13.2. The molecule has 2 bridgehead atoms. The Kier molecular flexibility index (Phi) is 4.33. The van der Waals surface area contributed by atoms with Crippen LogP contribution in [0.1, 0.15) is 50.5 Å². The molecule has 2 fully saturated rings. The van der Waals surface area contributed by atoms with Crippen LogP contribution in [0.3, 0.4) is 0 Å². The summed E-state index contributed by atoms with van der Waals surface area (Å²) in [6.07, 6.45) is 4.49. The summed E-state index contributed by atoms with van der Waals surface area (Å²) in [6, 6.07) is 2.56. The van der Waals surface area contributed by atoms with Crippen molar-refractivity contribution >= 4 is 11.6 Å². The van der Waals surface area contributed by atoms with Gasteiger partial charge in [-0.1, -0.05) is 0 Å². The zero-order valence-corrected chi connectivity index (χ0v) is 15.5. The van der Waals surface area contributed by atoms with Gasteiger partial charge in [0.1, 0.15) is 5.82 Å². The van der Waals surface area contributed by atoms with Crippen molar-refractivity contribution in [2.75, 3.05) is 12.0 Å². The van der Waals surface area contributed by atoms with Crippen LogP contribution in [0.15, 0.2) is 6.07 Å². The molecule has 2 aromatic rings. The number of hydrogen-bond donors (Lipinski definition) is 0. The molecular formula is C18H25F2N5O. The van der Waals surface area contributed by atoms with E-state index in [1.807, 2.05) is 6.92 Å². The number of nitrogens with zero attached hydrogens (tertiary/aromatic N) is 5. The normalized spacial score (nSPS) is 26.0. The highest BCUT2D eigenvalue weighted by Gasteiger charge is 2.42. The lowest BCUT2D eigenvalue weighted by atomic mass is 10.0. The maximum atomic E-state index is 13.2. The van der Waals surface area contributed by atoms with Crippen molar-refractivity contribution in [3.05, 3.63) is 17.6 Å². The second-order valence-corrected chi connectivity index (χ2v) is 7.67. The SMILES string of the molecule is COC1CC2CCC(C1)N2c1nc(C)nc2cc(CCC(C)(F)F)nn12. The number of aromatic nitrogens is 4. The Morgan fingerprint density at radius 1 is 1.23 bits per heavy atom. The Balaban J connectivity index is 1.68. The minimum Gasteiger partial charge on any atom is -0.381 e. The lowest BCUT2D eigenvalue weighted by Crippen LogP contribution is -2.46. The van der Waals surface area contributed by atoms with Crippen LogP contribution >= 0.6 is 0 Å². The van der Waals surface area contributed by atoms with Gasteiger partial charge in [0.2, 0.25) is 11.9 Å². The van der Waals surface area contributed by atoms with Crippen molar-refractivity contribution in [3.63, 3.8) is 0 Å². The van der Waals surface area contributed by atoms with Gasteiger partial charge in [0.05, 0.1) is 11.8 Å². The van der Waals surface area contributed by atoms with Crippen molar-refractivity contribution in [1.29, 1.82) is 0 Å². The van der Waals surface area contributed by atoms with Crippen LogP contribution in [0.25, 0.3) is 5.65 Å². The van der Waals surface area contributed by atoms with Gasteiger partial charge in [0.25, 0.3) is 0 Å². The van der Waals surface area contributed by atoms with E-state index in [4.69, 9.17) is 4.74 Å². The molecular weight excluding hydrogens is 340 g/mol. The summed E-state index contributed by atoms with van der Waals surface area (Å²) in [7, 11) is 1.77. The predicted octanol–water partition coefficient (Wildman–Crippen LogP) is 3.17.